The van der Waals surface area contributed by atoms with Gasteiger partial charge in [-0.05, 0) is 43.5 Å². The molecule has 1 saturated carbocycles. The molecule has 29 heavy (non-hydrogen) atoms. The summed E-state index contributed by atoms with van der Waals surface area (Å²) in [5.74, 6) is -0.00677. The monoisotopic (exact) mass is 387 g/mol. The number of aromatic nitrogens is 2. The van der Waals surface area contributed by atoms with Gasteiger partial charge in [0.1, 0.15) is 17.5 Å². The molecule has 0 bridgehead atoms. The number of nitrogens with one attached hydrogen (secondary N) is 2. The molecule has 6 heteroatoms. The maximum absolute atomic E-state index is 12.8. The number of fused-ring (bicyclic) bond motifs is 2. The van der Waals surface area contributed by atoms with Crippen molar-refractivity contribution in [3.63, 3.8) is 0 Å². The van der Waals surface area contributed by atoms with Gasteiger partial charge in [0.2, 0.25) is 0 Å². The predicted molar refractivity (Wildman–Crippen MR) is 110 cm³/mol. The molecule has 5 rings (SSSR count). The summed E-state index contributed by atoms with van der Waals surface area (Å²) in [5.41, 5.74) is 3.39. The zero-order valence-corrected chi connectivity index (χ0v) is 15.9. The quantitative estimate of drug-likeness (QED) is 0.660. The van der Waals surface area contributed by atoms with Gasteiger partial charge in [-0.3, -0.25) is 9.59 Å². The number of nitrogens with zero attached hydrogens (tertiary/aromatic N) is 1. The van der Waals surface area contributed by atoms with Crippen LogP contribution in [0, 0.1) is 5.92 Å². The molecule has 2 atom stereocenters. The van der Waals surface area contributed by atoms with Crippen LogP contribution in [0.2, 0.25) is 0 Å². The third-order valence-electron chi connectivity index (χ3n) is 5.69. The van der Waals surface area contributed by atoms with Gasteiger partial charge >= 0.3 is 0 Å². The van der Waals surface area contributed by atoms with Gasteiger partial charge in [-0.2, -0.15) is 0 Å². The van der Waals surface area contributed by atoms with Gasteiger partial charge in [0.15, 0.2) is 5.78 Å². The molecule has 1 aliphatic carbocycles. The van der Waals surface area contributed by atoms with Crippen molar-refractivity contribution in [1.29, 1.82) is 0 Å². The Morgan fingerprint density at radius 2 is 1.97 bits per heavy atom. The van der Waals surface area contributed by atoms with Crippen LogP contribution in [-0.4, -0.2) is 27.8 Å². The highest BCUT2D eigenvalue weighted by Crippen LogP contribution is 2.33. The van der Waals surface area contributed by atoms with E-state index in [0.29, 0.717) is 5.69 Å². The minimum Gasteiger partial charge on any atom is -0.496 e. The molecule has 2 unspecified atom stereocenters. The summed E-state index contributed by atoms with van der Waals surface area (Å²) in [6.45, 7) is 0. The fraction of sp³-hybridized carbons (Fsp3) is 0.261. The number of hydrogen-bond donors (Lipinski definition) is 2. The Labute approximate surface area is 168 Å². The van der Waals surface area contributed by atoms with E-state index in [4.69, 9.17) is 4.74 Å². The molecule has 2 N–H and O–H groups in total. The van der Waals surface area contributed by atoms with Crippen molar-refractivity contribution in [2.24, 2.45) is 5.92 Å². The smallest absolute Gasteiger partial charge is 0.262 e. The SMILES string of the molecule is O=C(Nc1cccc(-c2nc3ccccc3[nH]2)c1)C1=COC2CCCCC2C1=O. The zero-order valence-electron chi connectivity index (χ0n) is 15.9. The topological polar surface area (TPSA) is 84.1 Å². The van der Waals surface area contributed by atoms with Crippen LogP contribution in [0.3, 0.4) is 0 Å². The van der Waals surface area contributed by atoms with Crippen molar-refractivity contribution >= 4 is 28.4 Å². The lowest BCUT2D eigenvalue weighted by Crippen LogP contribution is -2.39. The fourth-order valence-corrected chi connectivity index (χ4v) is 4.17. The normalized spacial score (nSPS) is 21.2. The maximum atomic E-state index is 12.8. The average Bonchev–Trinajstić information content (AvgIpc) is 3.19. The molecule has 146 valence electrons. The van der Waals surface area contributed by atoms with Crippen LogP contribution in [0.25, 0.3) is 22.4 Å². The van der Waals surface area contributed by atoms with Crippen molar-refractivity contribution in [2.75, 3.05) is 5.32 Å². The number of rotatable bonds is 3. The molecule has 6 nitrogen and oxygen atoms in total. The summed E-state index contributed by atoms with van der Waals surface area (Å²) in [7, 11) is 0. The largest absolute Gasteiger partial charge is 0.496 e. The average molecular weight is 387 g/mol. The number of ether oxygens (including phenoxy) is 1. The molecule has 0 spiro atoms. The summed E-state index contributed by atoms with van der Waals surface area (Å²) in [5, 5.41) is 2.83. The number of ketones is 1. The molecule has 1 aromatic heterocycles. The number of carbonyl (C=O) groups is 2. The van der Waals surface area contributed by atoms with Gasteiger partial charge in [0.05, 0.1) is 23.2 Å². The van der Waals surface area contributed by atoms with Crippen LogP contribution >= 0.6 is 0 Å². The summed E-state index contributed by atoms with van der Waals surface area (Å²) < 4.78 is 5.69. The number of imidazole rings is 1. The molecule has 2 aliphatic rings. The number of benzene rings is 2. The second kappa shape index (κ2) is 7.20. The highest BCUT2D eigenvalue weighted by molar-refractivity contribution is 6.24. The van der Waals surface area contributed by atoms with Gasteiger partial charge in [0, 0.05) is 11.3 Å². The third kappa shape index (κ3) is 3.31. The summed E-state index contributed by atoms with van der Waals surface area (Å²) in [4.78, 5) is 33.4. The van der Waals surface area contributed by atoms with E-state index in [1.807, 2.05) is 42.5 Å². The number of carbonyl (C=O) groups excluding carboxylic acids is 2. The Bertz CT molecular complexity index is 1100. The molecule has 2 heterocycles. The van der Waals surface area contributed by atoms with Crippen LogP contribution in [0.15, 0.2) is 60.4 Å². The molecule has 2 aromatic carbocycles. The third-order valence-corrected chi connectivity index (χ3v) is 5.69. The van der Waals surface area contributed by atoms with E-state index in [1.165, 1.54) is 6.26 Å². The van der Waals surface area contributed by atoms with Gasteiger partial charge in [-0.15, -0.1) is 0 Å². The first-order chi connectivity index (χ1) is 14.2. The van der Waals surface area contributed by atoms with Crippen LogP contribution < -0.4 is 5.32 Å². The van der Waals surface area contributed by atoms with E-state index in [2.05, 4.69) is 15.3 Å². The lowest BCUT2D eigenvalue weighted by atomic mass is 9.80. The highest BCUT2D eigenvalue weighted by atomic mass is 16.5. The second-order valence-corrected chi connectivity index (χ2v) is 7.60. The predicted octanol–water partition coefficient (Wildman–Crippen LogP) is 4.21. The standard InChI is InChI=1S/C23H21N3O3/c27-21-16-8-1-4-11-20(16)29-13-17(21)23(28)24-15-7-5-6-14(12-15)22-25-18-9-2-3-10-19(18)26-22/h2-3,5-7,9-10,12-13,16,20H,1,4,8,11H2,(H,24,28)(H,25,26). The van der Waals surface area contributed by atoms with E-state index < -0.39 is 5.91 Å². The Balaban J connectivity index is 1.37. The van der Waals surface area contributed by atoms with E-state index in [-0.39, 0.29) is 23.4 Å². The lowest BCUT2D eigenvalue weighted by Gasteiger charge is -2.33. The molecule has 3 aromatic rings. The molecule has 1 fully saturated rings. The van der Waals surface area contributed by atoms with Crippen LogP contribution in [0.5, 0.6) is 0 Å². The lowest BCUT2D eigenvalue weighted by molar-refractivity contribution is -0.129. The number of H-pyrrole nitrogens is 1. The second-order valence-electron chi connectivity index (χ2n) is 7.60. The molecule has 1 aliphatic heterocycles. The Kier molecular flexibility index (Phi) is 4.39. The van der Waals surface area contributed by atoms with Crippen molar-refractivity contribution in [1.82, 2.24) is 9.97 Å². The number of para-hydroxylation sites is 2. The molecule has 0 saturated heterocycles. The van der Waals surface area contributed by atoms with Crippen molar-refractivity contribution in [3.8, 4) is 11.4 Å². The summed E-state index contributed by atoms with van der Waals surface area (Å²) in [6, 6.07) is 15.2. The molecular formula is C23H21N3O3. The van der Waals surface area contributed by atoms with Crippen LogP contribution in [-0.2, 0) is 14.3 Å². The number of hydrogen-bond acceptors (Lipinski definition) is 4. The Morgan fingerprint density at radius 3 is 2.86 bits per heavy atom. The highest BCUT2D eigenvalue weighted by Gasteiger charge is 2.39. The molecule has 1 amide bonds. The maximum Gasteiger partial charge on any atom is 0.262 e. The summed E-state index contributed by atoms with van der Waals surface area (Å²) in [6.07, 6.45) is 5.00. The minimum atomic E-state index is -0.430. The van der Waals surface area contributed by atoms with Gasteiger partial charge in [-0.25, -0.2) is 4.98 Å². The van der Waals surface area contributed by atoms with Crippen molar-refractivity contribution in [3.05, 3.63) is 60.4 Å². The first-order valence-corrected chi connectivity index (χ1v) is 9.95. The first kappa shape index (κ1) is 17.7. The van der Waals surface area contributed by atoms with Crippen LogP contribution in [0.4, 0.5) is 5.69 Å². The summed E-state index contributed by atoms with van der Waals surface area (Å²) >= 11 is 0. The number of aromatic amines is 1. The molecular weight excluding hydrogens is 366 g/mol. The fourth-order valence-electron chi connectivity index (χ4n) is 4.17. The Hall–Kier alpha value is -3.41. The van der Waals surface area contributed by atoms with E-state index in [9.17, 15) is 9.59 Å². The number of Topliss-reactive ketones (excluding diaryl/α,β-unsaturated/α-hetero) is 1. The number of amides is 1. The van der Waals surface area contributed by atoms with E-state index >= 15 is 0 Å². The van der Waals surface area contributed by atoms with Gasteiger partial charge in [0.25, 0.3) is 5.91 Å². The van der Waals surface area contributed by atoms with Crippen molar-refractivity contribution < 1.29 is 14.3 Å². The zero-order chi connectivity index (χ0) is 19.8. The van der Waals surface area contributed by atoms with E-state index in [0.717, 1.165) is 48.1 Å². The number of anilines is 1. The van der Waals surface area contributed by atoms with Gasteiger partial charge in [-0.1, -0.05) is 30.7 Å². The van der Waals surface area contributed by atoms with Crippen molar-refractivity contribution in [2.45, 2.75) is 31.8 Å². The van der Waals surface area contributed by atoms with Gasteiger partial charge < -0.3 is 15.0 Å². The van der Waals surface area contributed by atoms with E-state index in [1.54, 1.807) is 6.07 Å². The molecule has 0 radical (unpaired) electrons. The first-order valence-electron chi connectivity index (χ1n) is 9.95. The van der Waals surface area contributed by atoms with Crippen LogP contribution in [0.1, 0.15) is 25.7 Å². The Morgan fingerprint density at radius 1 is 1.10 bits per heavy atom. The minimum absolute atomic E-state index is 0.0794.